The number of benzene rings is 1. The highest BCUT2D eigenvalue weighted by Crippen LogP contribution is 2.24. The number of ether oxygens (including phenoxy) is 1. The topological polar surface area (TPSA) is 66.8 Å². The summed E-state index contributed by atoms with van der Waals surface area (Å²) in [6, 6.07) is 4.00. The van der Waals surface area contributed by atoms with Crippen molar-refractivity contribution in [2.24, 2.45) is 0 Å². The molecule has 0 saturated heterocycles. The highest BCUT2D eigenvalue weighted by molar-refractivity contribution is 5.81. The number of carboxylic acid groups (broad SMARTS) is 1. The van der Waals surface area contributed by atoms with Crippen LogP contribution in [0.25, 0.3) is 0 Å². The number of hydrogen-bond acceptors (Lipinski definition) is 3. The molecule has 5 nitrogen and oxygen atoms in total. The van der Waals surface area contributed by atoms with E-state index in [1.54, 1.807) is 20.8 Å². The van der Waals surface area contributed by atoms with Crippen LogP contribution in [0.3, 0.4) is 0 Å². The van der Waals surface area contributed by atoms with Gasteiger partial charge in [0.25, 0.3) is 0 Å². The van der Waals surface area contributed by atoms with Gasteiger partial charge in [0.05, 0.1) is 0 Å². The molecule has 0 aliphatic carbocycles. The van der Waals surface area contributed by atoms with Crippen LogP contribution in [0.15, 0.2) is 24.3 Å². The van der Waals surface area contributed by atoms with E-state index in [-0.39, 0.29) is 5.56 Å². The summed E-state index contributed by atoms with van der Waals surface area (Å²) in [5.74, 6) is -2.02. The van der Waals surface area contributed by atoms with Gasteiger partial charge < -0.3 is 9.84 Å². The van der Waals surface area contributed by atoms with Crippen molar-refractivity contribution in [2.45, 2.75) is 32.4 Å². The van der Waals surface area contributed by atoms with Crippen LogP contribution in [-0.4, -0.2) is 34.7 Å². The van der Waals surface area contributed by atoms with Gasteiger partial charge in [0, 0.05) is 12.6 Å². The van der Waals surface area contributed by atoms with Crippen molar-refractivity contribution in [1.82, 2.24) is 4.90 Å². The molecule has 0 fully saturated rings. The van der Waals surface area contributed by atoms with Crippen molar-refractivity contribution in [1.29, 1.82) is 0 Å². The molecule has 0 aromatic heterocycles. The molecule has 1 N–H and O–H groups in total. The van der Waals surface area contributed by atoms with Gasteiger partial charge in [0.2, 0.25) is 0 Å². The van der Waals surface area contributed by atoms with Crippen LogP contribution in [-0.2, 0) is 9.53 Å². The van der Waals surface area contributed by atoms with E-state index < -0.39 is 29.5 Å². The van der Waals surface area contributed by atoms with Gasteiger partial charge in [0.1, 0.15) is 11.4 Å². The van der Waals surface area contributed by atoms with E-state index >= 15 is 0 Å². The number of likely N-dealkylation sites (N-methyl/N-ethyl adjacent to an activating group) is 1. The summed E-state index contributed by atoms with van der Waals surface area (Å²) in [7, 11) is 1.26. The monoisotopic (exact) mass is 283 g/mol. The van der Waals surface area contributed by atoms with E-state index in [1.165, 1.54) is 25.2 Å². The van der Waals surface area contributed by atoms with Gasteiger partial charge in [-0.3, -0.25) is 4.90 Å². The van der Waals surface area contributed by atoms with E-state index in [0.717, 1.165) is 11.0 Å². The Balaban J connectivity index is 3.07. The molecular formula is C14H18FNO4. The van der Waals surface area contributed by atoms with Gasteiger partial charge in [-0.2, -0.15) is 0 Å². The van der Waals surface area contributed by atoms with E-state index in [1.807, 2.05) is 0 Å². The minimum Gasteiger partial charge on any atom is -0.479 e. The number of rotatable bonds is 3. The van der Waals surface area contributed by atoms with E-state index in [4.69, 9.17) is 4.74 Å². The van der Waals surface area contributed by atoms with Crippen molar-refractivity contribution in [3.8, 4) is 0 Å². The SMILES string of the molecule is CN(C(=O)OC(C)(C)C)C(C(=O)O)c1ccccc1F. The fourth-order valence-electron chi connectivity index (χ4n) is 1.64. The van der Waals surface area contributed by atoms with Gasteiger partial charge >= 0.3 is 12.1 Å². The summed E-state index contributed by atoms with van der Waals surface area (Å²) >= 11 is 0. The molecule has 0 saturated carbocycles. The number of amides is 1. The summed E-state index contributed by atoms with van der Waals surface area (Å²) in [6.45, 7) is 4.99. The first kappa shape index (κ1) is 15.9. The second kappa shape index (κ2) is 5.90. The summed E-state index contributed by atoms with van der Waals surface area (Å²) in [5.41, 5.74) is -0.850. The van der Waals surface area contributed by atoms with Crippen LogP contribution in [0, 0.1) is 5.82 Å². The Kier molecular flexibility index (Phi) is 4.70. The maximum absolute atomic E-state index is 13.7. The molecule has 1 amide bonds. The molecular weight excluding hydrogens is 265 g/mol. The van der Waals surface area contributed by atoms with Crippen molar-refractivity contribution in [3.63, 3.8) is 0 Å². The predicted molar refractivity (Wildman–Crippen MR) is 70.8 cm³/mol. The van der Waals surface area contributed by atoms with Crippen molar-refractivity contribution in [3.05, 3.63) is 35.6 Å². The Morgan fingerprint density at radius 1 is 1.30 bits per heavy atom. The molecule has 1 rings (SSSR count). The van der Waals surface area contributed by atoms with Gasteiger partial charge in [-0.05, 0) is 26.8 Å². The van der Waals surface area contributed by atoms with Gasteiger partial charge in [0.15, 0.2) is 6.04 Å². The first-order valence-corrected chi connectivity index (χ1v) is 6.06. The maximum Gasteiger partial charge on any atom is 0.411 e. The molecule has 1 unspecified atom stereocenters. The minimum absolute atomic E-state index is 0.0895. The summed E-state index contributed by atoms with van der Waals surface area (Å²) in [5, 5.41) is 9.25. The molecule has 1 atom stereocenters. The van der Waals surface area contributed by atoms with Crippen LogP contribution in [0.4, 0.5) is 9.18 Å². The predicted octanol–water partition coefficient (Wildman–Crippen LogP) is 2.82. The van der Waals surface area contributed by atoms with Crippen LogP contribution in [0.5, 0.6) is 0 Å². The molecule has 0 heterocycles. The molecule has 0 radical (unpaired) electrons. The number of hydrogen-bond donors (Lipinski definition) is 1. The third kappa shape index (κ3) is 3.94. The largest absolute Gasteiger partial charge is 0.479 e. The maximum atomic E-state index is 13.7. The van der Waals surface area contributed by atoms with E-state index in [9.17, 15) is 19.1 Å². The zero-order chi connectivity index (χ0) is 15.5. The van der Waals surface area contributed by atoms with E-state index in [2.05, 4.69) is 0 Å². The molecule has 20 heavy (non-hydrogen) atoms. The number of halogens is 1. The molecule has 110 valence electrons. The fourth-order valence-corrected chi connectivity index (χ4v) is 1.64. The summed E-state index contributed by atoms with van der Waals surface area (Å²) in [4.78, 5) is 24.1. The molecule has 0 bridgehead atoms. The molecule has 0 spiro atoms. The Morgan fingerprint density at radius 2 is 1.85 bits per heavy atom. The normalized spacial score (nSPS) is 12.7. The molecule has 1 aromatic rings. The van der Waals surface area contributed by atoms with Crippen LogP contribution in [0.2, 0.25) is 0 Å². The van der Waals surface area contributed by atoms with E-state index in [0.29, 0.717) is 0 Å². The first-order chi connectivity index (χ1) is 9.13. The number of nitrogens with zero attached hydrogens (tertiary/aromatic N) is 1. The van der Waals surface area contributed by atoms with Gasteiger partial charge in [-0.1, -0.05) is 18.2 Å². The fraction of sp³-hybridized carbons (Fsp3) is 0.429. The zero-order valence-electron chi connectivity index (χ0n) is 11.9. The zero-order valence-corrected chi connectivity index (χ0v) is 11.9. The lowest BCUT2D eigenvalue weighted by atomic mass is 10.1. The third-order valence-corrected chi connectivity index (χ3v) is 2.50. The summed E-state index contributed by atoms with van der Waals surface area (Å²) < 4.78 is 18.8. The van der Waals surface area contributed by atoms with Crippen molar-refractivity contribution < 1.29 is 23.8 Å². The number of carboxylic acids is 1. The molecule has 0 aliphatic rings. The smallest absolute Gasteiger partial charge is 0.411 e. The van der Waals surface area contributed by atoms with Gasteiger partial charge in [-0.25, -0.2) is 14.0 Å². The van der Waals surface area contributed by atoms with Crippen molar-refractivity contribution in [2.75, 3.05) is 7.05 Å². The lowest BCUT2D eigenvalue weighted by molar-refractivity contribution is -0.143. The number of carbonyl (C=O) groups excluding carboxylic acids is 1. The average molecular weight is 283 g/mol. The Morgan fingerprint density at radius 3 is 2.30 bits per heavy atom. The molecule has 1 aromatic carbocycles. The molecule has 6 heteroatoms. The standard InChI is InChI=1S/C14H18FNO4/c1-14(2,3)20-13(19)16(4)11(12(17)18)9-7-5-6-8-10(9)15/h5-8,11H,1-4H3,(H,17,18). The highest BCUT2D eigenvalue weighted by atomic mass is 19.1. The second-order valence-corrected chi connectivity index (χ2v) is 5.35. The highest BCUT2D eigenvalue weighted by Gasteiger charge is 2.33. The van der Waals surface area contributed by atoms with Crippen molar-refractivity contribution >= 4 is 12.1 Å². The molecule has 0 aliphatic heterocycles. The average Bonchev–Trinajstić information content (AvgIpc) is 2.29. The summed E-state index contributed by atoms with van der Waals surface area (Å²) in [6.07, 6.45) is -0.826. The van der Waals surface area contributed by atoms with Crippen LogP contribution >= 0.6 is 0 Å². The van der Waals surface area contributed by atoms with Gasteiger partial charge in [-0.15, -0.1) is 0 Å². The Hall–Kier alpha value is -2.11. The number of aliphatic carboxylic acids is 1. The van der Waals surface area contributed by atoms with Crippen LogP contribution in [0.1, 0.15) is 32.4 Å². The number of carbonyl (C=O) groups is 2. The second-order valence-electron chi connectivity index (χ2n) is 5.35. The first-order valence-electron chi connectivity index (χ1n) is 6.06. The van der Waals surface area contributed by atoms with Crippen LogP contribution < -0.4 is 0 Å². The Labute approximate surface area is 117 Å². The Bertz CT molecular complexity index is 510. The lowest BCUT2D eigenvalue weighted by Crippen LogP contribution is -2.40. The lowest BCUT2D eigenvalue weighted by Gasteiger charge is -2.28. The minimum atomic E-state index is -1.44. The third-order valence-electron chi connectivity index (χ3n) is 2.50. The quantitative estimate of drug-likeness (QED) is 0.926.